The second-order valence-corrected chi connectivity index (χ2v) is 7.60. The Hall–Kier alpha value is -0.630. The molecule has 22 heavy (non-hydrogen) atoms. The molecule has 0 radical (unpaired) electrons. The topological polar surface area (TPSA) is 75.3 Å². The maximum atomic E-state index is 12.1. The van der Waals surface area contributed by atoms with E-state index in [1.807, 2.05) is 6.92 Å². The molecule has 0 aliphatic heterocycles. The number of likely N-dealkylation sites (N-methyl/N-ethyl adjacent to an activating group) is 1. The van der Waals surface area contributed by atoms with E-state index in [4.69, 9.17) is 0 Å². The summed E-state index contributed by atoms with van der Waals surface area (Å²) in [6.07, 6.45) is 0.549. The molecule has 126 valence electrons. The lowest BCUT2D eigenvalue weighted by molar-refractivity contribution is -0.121. The summed E-state index contributed by atoms with van der Waals surface area (Å²) >= 11 is 3.27. The first-order valence-corrected chi connectivity index (χ1v) is 9.36. The number of nitrogens with one attached hydrogen (secondary N) is 2. The molecule has 1 aromatic rings. The lowest BCUT2D eigenvalue weighted by Gasteiger charge is -2.06. The third kappa shape index (κ3) is 8.12. The number of carbonyl (C=O) groups excluding carboxylic acids is 1. The molecular formula is C14H22BrClN2O3S. The number of benzene rings is 1. The smallest absolute Gasteiger partial charge is 0.220 e. The Kier molecular flexibility index (Phi) is 10.7. The normalized spacial score (nSPS) is 10.8. The molecule has 0 saturated carbocycles. The summed E-state index contributed by atoms with van der Waals surface area (Å²) in [6.45, 7) is 4.14. The molecule has 0 heterocycles. The van der Waals surface area contributed by atoms with Crippen molar-refractivity contribution in [3.05, 3.63) is 28.7 Å². The minimum absolute atomic E-state index is 0. The van der Waals surface area contributed by atoms with E-state index < -0.39 is 9.84 Å². The summed E-state index contributed by atoms with van der Waals surface area (Å²) in [5.41, 5.74) is 0. The predicted molar refractivity (Wildman–Crippen MR) is 94.2 cm³/mol. The van der Waals surface area contributed by atoms with Crippen molar-refractivity contribution in [2.24, 2.45) is 0 Å². The van der Waals surface area contributed by atoms with E-state index in [0.29, 0.717) is 17.9 Å². The average molecular weight is 414 g/mol. The average Bonchev–Trinajstić information content (AvgIpc) is 2.44. The first-order chi connectivity index (χ1) is 9.95. The fourth-order valence-corrected chi connectivity index (χ4v) is 3.31. The number of halogens is 2. The first-order valence-electron chi connectivity index (χ1n) is 6.91. The fourth-order valence-electron chi connectivity index (χ4n) is 1.74. The zero-order chi connectivity index (χ0) is 15.7. The van der Waals surface area contributed by atoms with Crippen LogP contribution in [-0.2, 0) is 14.6 Å². The zero-order valence-electron chi connectivity index (χ0n) is 12.5. The molecule has 2 N–H and O–H groups in total. The lowest BCUT2D eigenvalue weighted by atomic mass is 10.3. The standard InChI is InChI=1S/C14H21BrN2O3S.ClH/c1-2-16-9-10-17-14(18)4-3-11-21(19,20)13-7-5-12(15)6-8-13;/h5-8,16H,2-4,9-11H2,1H3,(H,17,18);1H. The van der Waals surface area contributed by atoms with Crippen LogP contribution in [0.3, 0.4) is 0 Å². The van der Waals surface area contributed by atoms with Gasteiger partial charge in [-0.3, -0.25) is 4.79 Å². The van der Waals surface area contributed by atoms with Crippen molar-refractivity contribution in [2.75, 3.05) is 25.4 Å². The highest BCUT2D eigenvalue weighted by atomic mass is 79.9. The highest BCUT2D eigenvalue weighted by Gasteiger charge is 2.14. The van der Waals surface area contributed by atoms with Crippen LogP contribution < -0.4 is 10.6 Å². The SMILES string of the molecule is CCNCCNC(=O)CCCS(=O)(=O)c1ccc(Br)cc1.Cl. The van der Waals surface area contributed by atoms with Crippen molar-refractivity contribution in [1.82, 2.24) is 10.6 Å². The van der Waals surface area contributed by atoms with Gasteiger partial charge in [-0.2, -0.15) is 0 Å². The van der Waals surface area contributed by atoms with Crippen LogP contribution in [0.1, 0.15) is 19.8 Å². The van der Waals surface area contributed by atoms with Crippen LogP contribution in [-0.4, -0.2) is 39.7 Å². The summed E-state index contributed by atoms with van der Waals surface area (Å²) < 4.78 is 25.0. The molecule has 0 bridgehead atoms. The van der Waals surface area contributed by atoms with Gasteiger partial charge < -0.3 is 10.6 Å². The minimum Gasteiger partial charge on any atom is -0.355 e. The Bertz CT molecular complexity index is 550. The number of hydrogen-bond acceptors (Lipinski definition) is 4. The van der Waals surface area contributed by atoms with Gasteiger partial charge in [0.1, 0.15) is 0 Å². The molecule has 0 aliphatic rings. The summed E-state index contributed by atoms with van der Waals surface area (Å²) in [5, 5.41) is 5.84. The third-order valence-corrected chi connectivity index (χ3v) is 5.21. The number of hydrogen-bond donors (Lipinski definition) is 2. The van der Waals surface area contributed by atoms with E-state index in [1.54, 1.807) is 24.3 Å². The van der Waals surface area contributed by atoms with E-state index >= 15 is 0 Å². The van der Waals surface area contributed by atoms with Crippen LogP contribution in [0.4, 0.5) is 0 Å². The molecule has 0 spiro atoms. The van der Waals surface area contributed by atoms with Gasteiger partial charge in [-0.1, -0.05) is 22.9 Å². The largest absolute Gasteiger partial charge is 0.355 e. The van der Waals surface area contributed by atoms with Gasteiger partial charge in [0, 0.05) is 24.0 Å². The van der Waals surface area contributed by atoms with Crippen LogP contribution >= 0.6 is 28.3 Å². The molecule has 0 saturated heterocycles. The second kappa shape index (κ2) is 11.0. The van der Waals surface area contributed by atoms with E-state index in [9.17, 15) is 13.2 Å². The van der Waals surface area contributed by atoms with Crippen molar-refractivity contribution in [1.29, 1.82) is 0 Å². The Morgan fingerprint density at radius 3 is 2.41 bits per heavy atom. The van der Waals surface area contributed by atoms with Crippen molar-refractivity contribution >= 4 is 44.1 Å². The summed E-state index contributed by atoms with van der Waals surface area (Å²) in [7, 11) is -3.32. The molecule has 0 unspecified atom stereocenters. The summed E-state index contributed by atoms with van der Waals surface area (Å²) in [6, 6.07) is 6.52. The first kappa shape index (κ1) is 21.4. The van der Waals surface area contributed by atoms with Crippen LogP contribution in [0.25, 0.3) is 0 Å². The molecule has 0 fully saturated rings. The molecule has 0 atom stereocenters. The highest BCUT2D eigenvalue weighted by Crippen LogP contribution is 2.16. The predicted octanol–water partition coefficient (Wildman–Crippen LogP) is 2.15. The van der Waals surface area contributed by atoms with Crippen LogP contribution in [0.5, 0.6) is 0 Å². The molecular weight excluding hydrogens is 392 g/mol. The van der Waals surface area contributed by atoms with Crippen LogP contribution in [0.15, 0.2) is 33.6 Å². The van der Waals surface area contributed by atoms with Gasteiger partial charge in [-0.25, -0.2) is 8.42 Å². The quantitative estimate of drug-likeness (QED) is 0.608. The fraction of sp³-hybridized carbons (Fsp3) is 0.500. The third-order valence-electron chi connectivity index (χ3n) is 2.86. The van der Waals surface area contributed by atoms with E-state index in [-0.39, 0.29) is 30.5 Å². The van der Waals surface area contributed by atoms with Gasteiger partial charge in [0.25, 0.3) is 0 Å². The monoisotopic (exact) mass is 412 g/mol. The minimum atomic E-state index is -3.32. The molecule has 1 amide bonds. The van der Waals surface area contributed by atoms with Gasteiger partial charge in [-0.15, -0.1) is 12.4 Å². The molecule has 0 aliphatic carbocycles. The van der Waals surface area contributed by atoms with Gasteiger partial charge in [0.15, 0.2) is 9.84 Å². The number of amides is 1. The van der Waals surface area contributed by atoms with Crippen molar-refractivity contribution < 1.29 is 13.2 Å². The van der Waals surface area contributed by atoms with Crippen molar-refractivity contribution in [3.8, 4) is 0 Å². The highest BCUT2D eigenvalue weighted by molar-refractivity contribution is 9.10. The van der Waals surface area contributed by atoms with Crippen LogP contribution in [0, 0.1) is 0 Å². The van der Waals surface area contributed by atoms with E-state index in [1.165, 1.54) is 0 Å². The van der Waals surface area contributed by atoms with Gasteiger partial charge in [0.05, 0.1) is 10.6 Å². The molecule has 1 aromatic carbocycles. The molecule has 1 rings (SSSR count). The van der Waals surface area contributed by atoms with Gasteiger partial charge >= 0.3 is 0 Å². The van der Waals surface area contributed by atoms with E-state index in [2.05, 4.69) is 26.6 Å². The van der Waals surface area contributed by atoms with Crippen molar-refractivity contribution in [3.63, 3.8) is 0 Å². The molecule has 5 nitrogen and oxygen atoms in total. The number of carbonyl (C=O) groups is 1. The van der Waals surface area contributed by atoms with Gasteiger partial charge in [-0.05, 0) is 37.2 Å². The molecule has 0 aromatic heterocycles. The maximum Gasteiger partial charge on any atom is 0.220 e. The number of sulfone groups is 1. The Balaban J connectivity index is 0.00000441. The number of rotatable bonds is 9. The van der Waals surface area contributed by atoms with Crippen molar-refractivity contribution in [2.45, 2.75) is 24.7 Å². The van der Waals surface area contributed by atoms with Crippen LogP contribution in [0.2, 0.25) is 0 Å². The van der Waals surface area contributed by atoms with E-state index in [0.717, 1.165) is 17.6 Å². The summed E-state index contributed by atoms with van der Waals surface area (Å²) in [5.74, 6) is -0.131. The molecule has 8 heteroatoms. The Morgan fingerprint density at radius 1 is 1.18 bits per heavy atom. The Morgan fingerprint density at radius 2 is 1.82 bits per heavy atom. The van der Waals surface area contributed by atoms with Gasteiger partial charge in [0.2, 0.25) is 5.91 Å². The Labute approximate surface area is 146 Å². The summed E-state index contributed by atoms with van der Waals surface area (Å²) in [4.78, 5) is 11.8. The zero-order valence-corrected chi connectivity index (χ0v) is 15.7. The second-order valence-electron chi connectivity index (χ2n) is 4.58. The lowest BCUT2D eigenvalue weighted by Crippen LogP contribution is -2.31. The maximum absolute atomic E-state index is 12.1.